The Morgan fingerprint density at radius 2 is 1.74 bits per heavy atom. The summed E-state index contributed by atoms with van der Waals surface area (Å²) in [5, 5.41) is 13.9. The van der Waals surface area contributed by atoms with Crippen molar-refractivity contribution in [3.63, 3.8) is 0 Å². The van der Waals surface area contributed by atoms with Crippen LogP contribution in [0.3, 0.4) is 0 Å². The summed E-state index contributed by atoms with van der Waals surface area (Å²) in [6, 6.07) is 15.2. The van der Waals surface area contributed by atoms with Crippen molar-refractivity contribution in [3.8, 4) is 11.4 Å². The SMILES string of the molecule is C=CC(=O)Nc1cc(Nc2cc(Nc3ccccc3-n3cccn3)ncn2)c(OC)cc1N(C)CCN(C)C. The molecule has 0 saturated carbocycles. The number of amides is 1. The first kappa shape index (κ1) is 27.1. The van der Waals surface area contributed by atoms with E-state index in [1.54, 1.807) is 24.1 Å². The number of hydrogen-bond donors (Lipinski definition) is 3. The number of para-hydroxylation sites is 2. The maximum absolute atomic E-state index is 12.2. The third-order valence-corrected chi connectivity index (χ3v) is 5.90. The molecule has 39 heavy (non-hydrogen) atoms. The molecule has 4 rings (SSSR count). The normalized spacial score (nSPS) is 10.7. The molecule has 3 N–H and O–H groups in total. The summed E-state index contributed by atoms with van der Waals surface area (Å²) in [4.78, 5) is 25.2. The second-order valence-corrected chi connectivity index (χ2v) is 8.99. The van der Waals surface area contributed by atoms with Crippen LogP contribution in [-0.4, -0.2) is 71.9 Å². The molecule has 0 unspecified atom stereocenters. The van der Waals surface area contributed by atoms with Gasteiger partial charge in [0.05, 0.1) is 35.5 Å². The van der Waals surface area contributed by atoms with E-state index < -0.39 is 0 Å². The number of likely N-dealkylation sites (N-methyl/N-ethyl adjacent to an activating group) is 2. The number of nitrogens with zero attached hydrogens (tertiary/aromatic N) is 6. The first-order valence-electron chi connectivity index (χ1n) is 12.3. The van der Waals surface area contributed by atoms with E-state index in [1.807, 2.05) is 69.8 Å². The third-order valence-electron chi connectivity index (χ3n) is 5.90. The van der Waals surface area contributed by atoms with E-state index in [1.165, 1.54) is 12.4 Å². The summed E-state index contributed by atoms with van der Waals surface area (Å²) in [5.74, 6) is 1.41. The van der Waals surface area contributed by atoms with Gasteiger partial charge in [-0.1, -0.05) is 18.7 Å². The van der Waals surface area contributed by atoms with Crippen LogP contribution >= 0.6 is 0 Å². The first-order chi connectivity index (χ1) is 18.9. The molecule has 2 aromatic heterocycles. The number of benzene rings is 2. The van der Waals surface area contributed by atoms with Gasteiger partial charge in [-0.05, 0) is 44.4 Å². The predicted octanol–water partition coefficient (Wildman–Crippen LogP) is 4.28. The first-order valence-corrected chi connectivity index (χ1v) is 12.3. The molecule has 11 nitrogen and oxygen atoms in total. The molecular formula is C28H33N9O2. The van der Waals surface area contributed by atoms with Crippen molar-refractivity contribution < 1.29 is 9.53 Å². The number of carbonyl (C=O) groups is 1. The van der Waals surface area contributed by atoms with Crippen molar-refractivity contribution in [1.29, 1.82) is 0 Å². The minimum atomic E-state index is -0.308. The molecule has 0 aliphatic heterocycles. The van der Waals surface area contributed by atoms with E-state index in [-0.39, 0.29) is 5.91 Å². The smallest absolute Gasteiger partial charge is 0.247 e. The zero-order valence-electron chi connectivity index (χ0n) is 22.5. The lowest BCUT2D eigenvalue weighted by Crippen LogP contribution is -2.29. The standard InChI is InChI=1S/C28H33N9O2/c1-6-28(38)34-21-16-22(25(39-5)17-24(21)36(4)15-14-35(2)3)33-27-18-26(29-19-30-27)32-20-10-7-8-11-23(20)37-13-9-12-31-37/h6-13,16-19H,1,14-15H2,2-5H3,(H,34,38)(H2,29,30,32,33). The molecule has 11 heteroatoms. The van der Waals surface area contributed by atoms with Crippen LogP contribution in [0.2, 0.25) is 0 Å². The number of ether oxygens (including phenoxy) is 1. The number of aromatic nitrogens is 4. The van der Waals surface area contributed by atoms with Crippen LogP contribution in [0.5, 0.6) is 5.75 Å². The highest BCUT2D eigenvalue weighted by atomic mass is 16.5. The van der Waals surface area contributed by atoms with Gasteiger partial charge >= 0.3 is 0 Å². The highest BCUT2D eigenvalue weighted by Gasteiger charge is 2.16. The fourth-order valence-corrected chi connectivity index (χ4v) is 3.87. The molecule has 202 valence electrons. The van der Waals surface area contributed by atoms with Gasteiger partial charge in [0.2, 0.25) is 5.91 Å². The average molecular weight is 528 g/mol. The van der Waals surface area contributed by atoms with Crippen LogP contribution in [-0.2, 0) is 4.79 Å². The number of rotatable bonds is 12. The lowest BCUT2D eigenvalue weighted by molar-refractivity contribution is -0.111. The van der Waals surface area contributed by atoms with Crippen molar-refractivity contribution >= 4 is 40.3 Å². The lowest BCUT2D eigenvalue weighted by Gasteiger charge is -2.26. The summed E-state index contributed by atoms with van der Waals surface area (Å²) in [6.07, 6.45) is 6.32. The monoisotopic (exact) mass is 527 g/mol. The van der Waals surface area contributed by atoms with Gasteiger partial charge in [0, 0.05) is 44.7 Å². The van der Waals surface area contributed by atoms with Crippen molar-refractivity contribution in [2.75, 3.05) is 62.2 Å². The lowest BCUT2D eigenvalue weighted by atomic mass is 10.2. The topological polar surface area (TPSA) is 112 Å². The number of carbonyl (C=O) groups excluding carboxylic acids is 1. The quantitative estimate of drug-likeness (QED) is 0.232. The van der Waals surface area contributed by atoms with Gasteiger partial charge < -0.3 is 30.5 Å². The molecule has 0 aliphatic carbocycles. The Bertz CT molecular complexity index is 1420. The van der Waals surface area contributed by atoms with Crippen LogP contribution < -0.4 is 25.6 Å². The van der Waals surface area contributed by atoms with Crippen LogP contribution in [0.25, 0.3) is 5.69 Å². The van der Waals surface area contributed by atoms with Crippen molar-refractivity contribution in [3.05, 3.63) is 79.9 Å². The second-order valence-electron chi connectivity index (χ2n) is 8.99. The Morgan fingerprint density at radius 3 is 2.41 bits per heavy atom. The Kier molecular flexibility index (Phi) is 8.75. The fourth-order valence-electron chi connectivity index (χ4n) is 3.87. The highest BCUT2D eigenvalue weighted by Crippen LogP contribution is 2.38. The zero-order valence-corrected chi connectivity index (χ0v) is 22.5. The van der Waals surface area contributed by atoms with E-state index in [0.29, 0.717) is 28.8 Å². The van der Waals surface area contributed by atoms with Gasteiger partial charge in [0.1, 0.15) is 23.7 Å². The van der Waals surface area contributed by atoms with Crippen LogP contribution in [0.15, 0.2) is 79.9 Å². The van der Waals surface area contributed by atoms with Crippen LogP contribution in [0.1, 0.15) is 0 Å². The van der Waals surface area contributed by atoms with Gasteiger partial charge in [-0.3, -0.25) is 4.79 Å². The number of hydrogen-bond acceptors (Lipinski definition) is 9. The second kappa shape index (κ2) is 12.6. The highest BCUT2D eigenvalue weighted by molar-refractivity contribution is 6.02. The van der Waals surface area contributed by atoms with Gasteiger partial charge in [-0.15, -0.1) is 0 Å². The molecule has 0 atom stereocenters. The van der Waals surface area contributed by atoms with Crippen LogP contribution in [0, 0.1) is 0 Å². The molecule has 1 amide bonds. The maximum Gasteiger partial charge on any atom is 0.247 e. The Morgan fingerprint density at radius 1 is 1.00 bits per heavy atom. The summed E-state index contributed by atoms with van der Waals surface area (Å²) < 4.78 is 7.48. The number of nitrogens with one attached hydrogen (secondary N) is 3. The van der Waals surface area contributed by atoms with E-state index in [9.17, 15) is 4.79 Å². The molecule has 2 aromatic carbocycles. The van der Waals surface area contributed by atoms with Gasteiger partial charge in [-0.2, -0.15) is 5.10 Å². The molecule has 0 fully saturated rings. The van der Waals surface area contributed by atoms with E-state index in [2.05, 4.69) is 47.4 Å². The van der Waals surface area contributed by atoms with E-state index in [0.717, 1.165) is 30.2 Å². The largest absolute Gasteiger partial charge is 0.494 e. The molecule has 0 radical (unpaired) electrons. The summed E-state index contributed by atoms with van der Waals surface area (Å²) >= 11 is 0. The molecule has 0 spiro atoms. The third kappa shape index (κ3) is 6.90. The summed E-state index contributed by atoms with van der Waals surface area (Å²) in [5.41, 5.74) is 3.78. The predicted molar refractivity (Wildman–Crippen MR) is 156 cm³/mol. The van der Waals surface area contributed by atoms with Crippen LogP contribution in [0.4, 0.5) is 34.4 Å². The van der Waals surface area contributed by atoms with Crippen molar-refractivity contribution in [1.82, 2.24) is 24.6 Å². The minimum absolute atomic E-state index is 0.308. The van der Waals surface area contributed by atoms with E-state index >= 15 is 0 Å². The summed E-state index contributed by atoms with van der Waals surface area (Å²) in [6.45, 7) is 5.17. The molecule has 0 saturated heterocycles. The molecular weight excluding hydrogens is 494 g/mol. The van der Waals surface area contributed by atoms with Crippen molar-refractivity contribution in [2.45, 2.75) is 0 Å². The fraction of sp³-hybridized carbons (Fsp3) is 0.214. The zero-order chi connectivity index (χ0) is 27.8. The minimum Gasteiger partial charge on any atom is -0.494 e. The molecule has 0 bridgehead atoms. The molecule has 2 heterocycles. The Hall–Kier alpha value is -4.90. The van der Waals surface area contributed by atoms with E-state index in [4.69, 9.17) is 4.74 Å². The summed E-state index contributed by atoms with van der Waals surface area (Å²) in [7, 11) is 7.61. The number of methoxy groups -OCH3 is 1. The van der Waals surface area contributed by atoms with Gasteiger partial charge in [-0.25, -0.2) is 14.6 Å². The Labute approximate surface area is 228 Å². The molecule has 0 aliphatic rings. The molecule has 4 aromatic rings. The Balaban J connectivity index is 1.62. The van der Waals surface area contributed by atoms with Gasteiger partial charge in [0.15, 0.2) is 0 Å². The maximum atomic E-state index is 12.2. The van der Waals surface area contributed by atoms with Gasteiger partial charge in [0.25, 0.3) is 0 Å². The number of anilines is 6. The van der Waals surface area contributed by atoms with Crippen molar-refractivity contribution in [2.24, 2.45) is 0 Å². The average Bonchev–Trinajstić information content (AvgIpc) is 3.47.